The number of anilines is 2. The first-order valence-corrected chi connectivity index (χ1v) is 6.01. The molecule has 2 rings (SSSR count). The smallest absolute Gasteiger partial charge is 0.255 e. The Morgan fingerprint density at radius 3 is 2.68 bits per heavy atom. The van der Waals surface area contributed by atoms with Crippen molar-refractivity contribution in [2.75, 3.05) is 11.1 Å². The Morgan fingerprint density at radius 1 is 1.26 bits per heavy atom. The number of phenolic OH excluding ortho intramolecular Hbond substituents is 1. The van der Waals surface area contributed by atoms with Crippen molar-refractivity contribution < 1.29 is 9.90 Å². The number of aryl methyl sites for hydroxylation is 1. The van der Waals surface area contributed by atoms with Crippen LogP contribution in [0, 0.1) is 6.92 Å². The number of carbonyl (C=O) groups is 1. The molecule has 0 heterocycles. The molecule has 0 saturated heterocycles. The zero-order valence-corrected chi connectivity index (χ0v) is 11.0. The molecule has 0 saturated carbocycles. The number of nitrogens with one attached hydrogen (secondary N) is 1. The maximum Gasteiger partial charge on any atom is 0.255 e. The van der Waals surface area contributed by atoms with Crippen LogP contribution < -0.4 is 11.1 Å². The average molecular weight is 277 g/mol. The Morgan fingerprint density at radius 2 is 2.00 bits per heavy atom. The summed E-state index contributed by atoms with van der Waals surface area (Å²) in [5, 5.41) is 12.4. The van der Waals surface area contributed by atoms with Crippen LogP contribution >= 0.6 is 11.6 Å². The third-order valence-electron chi connectivity index (χ3n) is 2.69. The number of hydrogen-bond donors (Lipinski definition) is 3. The van der Waals surface area contributed by atoms with E-state index < -0.39 is 0 Å². The van der Waals surface area contributed by atoms with Crippen LogP contribution in [0.15, 0.2) is 36.4 Å². The molecule has 0 aliphatic carbocycles. The highest BCUT2D eigenvalue weighted by Gasteiger charge is 2.11. The molecule has 1 amide bonds. The summed E-state index contributed by atoms with van der Waals surface area (Å²) < 4.78 is 0. The second-order valence-corrected chi connectivity index (χ2v) is 4.60. The van der Waals surface area contributed by atoms with Crippen LogP contribution in [-0.2, 0) is 0 Å². The first kappa shape index (κ1) is 13.2. The molecule has 98 valence electrons. The molecule has 0 aliphatic heterocycles. The number of nitrogen functional groups attached to an aromatic ring is 1. The number of benzene rings is 2. The van der Waals surface area contributed by atoms with Crippen molar-refractivity contribution >= 4 is 28.9 Å². The minimum Gasteiger partial charge on any atom is -0.508 e. The normalized spacial score (nSPS) is 10.2. The molecule has 4 nitrogen and oxygen atoms in total. The van der Waals surface area contributed by atoms with Gasteiger partial charge in [0.15, 0.2) is 0 Å². The van der Waals surface area contributed by atoms with Gasteiger partial charge in [-0.3, -0.25) is 4.79 Å². The maximum absolute atomic E-state index is 12.1. The van der Waals surface area contributed by atoms with Crippen molar-refractivity contribution in [3.05, 3.63) is 52.5 Å². The largest absolute Gasteiger partial charge is 0.508 e. The molecule has 0 fully saturated rings. The van der Waals surface area contributed by atoms with Gasteiger partial charge >= 0.3 is 0 Å². The monoisotopic (exact) mass is 276 g/mol. The molecule has 4 N–H and O–H groups in total. The quantitative estimate of drug-likeness (QED) is 0.737. The van der Waals surface area contributed by atoms with Crippen molar-refractivity contribution in [2.45, 2.75) is 6.92 Å². The number of rotatable bonds is 2. The summed E-state index contributed by atoms with van der Waals surface area (Å²) in [5.74, 6) is -0.180. The topological polar surface area (TPSA) is 75.3 Å². The summed E-state index contributed by atoms with van der Waals surface area (Å²) in [6, 6.07) is 9.41. The molecule has 0 atom stereocenters. The number of hydrogen-bond acceptors (Lipinski definition) is 3. The number of amides is 1. The third kappa shape index (κ3) is 2.98. The molecule has 5 heteroatoms. The van der Waals surface area contributed by atoms with Crippen molar-refractivity contribution in [1.29, 1.82) is 0 Å². The van der Waals surface area contributed by atoms with Gasteiger partial charge in [0.05, 0.1) is 10.7 Å². The van der Waals surface area contributed by atoms with E-state index in [0.29, 0.717) is 27.5 Å². The van der Waals surface area contributed by atoms with Gasteiger partial charge < -0.3 is 16.2 Å². The average Bonchev–Trinajstić information content (AvgIpc) is 2.33. The van der Waals surface area contributed by atoms with Crippen molar-refractivity contribution in [2.24, 2.45) is 0 Å². The van der Waals surface area contributed by atoms with E-state index in [4.69, 9.17) is 17.3 Å². The molecule has 0 radical (unpaired) electrons. The van der Waals surface area contributed by atoms with E-state index in [9.17, 15) is 9.90 Å². The zero-order chi connectivity index (χ0) is 14.0. The summed E-state index contributed by atoms with van der Waals surface area (Å²) in [6.07, 6.45) is 0. The molecule has 0 spiro atoms. The van der Waals surface area contributed by atoms with E-state index in [-0.39, 0.29) is 11.7 Å². The van der Waals surface area contributed by atoms with Crippen LogP contribution in [0.2, 0.25) is 5.02 Å². The van der Waals surface area contributed by atoms with Gasteiger partial charge in [0.25, 0.3) is 5.91 Å². The van der Waals surface area contributed by atoms with Gasteiger partial charge in [0, 0.05) is 11.3 Å². The Labute approximate surface area is 115 Å². The van der Waals surface area contributed by atoms with E-state index in [1.807, 2.05) is 0 Å². The minimum absolute atomic E-state index is 0.121. The first-order valence-electron chi connectivity index (χ1n) is 5.63. The van der Waals surface area contributed by atoms with E-state index in [1.165, 1.54) is 12.1 Å². The summed E-state index contributed by atoms with van der Waals surface area (Å²) >= 11 is 5.98. The molecule has 0 unspecified atom stereocenters. The molecule has 0 aliphatic rings. The number of carbonyl (C=O) groups excluding carboxylic acids is 1. The van der Waals surface area contributed by atoms with Crippen LogP contribution in [0.5, 0.6) is 5.75 Å². The highest BCUT2D eigenvalue weighted by atomic mass is 35.5. The van der Waals surface area contributed by atoms with E-state index in [1.54, 1.807) is 31.2 Å². The Kier molecular flexibility index (Phi) is 3.62. The van der Waals surface area contributed by atoms with Gasteiger partial charge in [-0.15, -0.1) is 0 Å². The van der Waals surface area contributed by atoms with Gasteiger partial charge in [-0.1, -0.05) is 11.6 Å². The minimum atomic E-state index is -0.301. The molecule has 2 aromatic carbocycles. The standard InChI is InChI=1S/C14H13ClN2O2/c1-8-6-10(18)3-4-11(8)14(19)17-13-7-9(16)2-5-12(13)15/h2-7,18H,16H2,1H3,(H,17,19). The molecular formula is C14H13ClN2O2. The SMILES string of the molecule is Cc1cc(O)ccc1C(=O)Nc1cc(N)ccc1Cl. The lowest BCUT2D eigenvalue weighted by Gasteiger charge is -2.10. The Bertz CT molecular complexity index is 641. The van der Waals surface area contributed by atoms with E-state index >= 15 is 0 Å². The predicted molar refractivity (Wildman–Crippen MR) is 76.7 cm³/mol. The molecule has 2 aromatic rings. The van der Waals surface area contributed by atoms with Crippen molar-refractivity contribution in [3.8, 4) is 5.75 Å². The third-order valence-corrected chi connectivity index (χ3v) is 3.02. The highest BCUT2D eigenvalue weighted by Crippen LogP contribution is 2.25. The lowest BCUT2D eigenvalue weighted by atomic mass is 10.1. The molecule has 0 bridgehead atoms. The fraction of sp³-hybridized carbons (Fsp3) is 0.0714. The van der Waals surface area contributed by atoms with Crippen LogP contribution in [0.3, 0.4) is 0 Å². The molecular weight excluding hydrogens is 264 g/mol. The fourth-order valence-corrected chi connectivity index (χ4v) is 1.90. The second-order valence-electron chi connectivity index (χ2n) is 4.19. The number of nitrogens with two attached hydrogens (primary N) is 1. The Hall–Kier alpha value is -2.20. The fourth-order valence-electron chi connectivity index (χ4n) is 1.73. The predicted octanol–water partition coefficient (Wildman–Crippen LogP) is 3.19. The van der Waals surface area contributed by atoms with Crippen molar-refractivity contribution in [1.82, 2.24) is 0 Å². The second kappa shape index (κ2) is 5.20. The van der Waals surface area contributed by atoms with Gasteiger partial charge in [0.1, 0.15) is 5.75 Å². The van der Waals surface area contributed by atoms with E-state index in [0.717, 1.165) is 0 Å². The number of aromatic hydroxyl groups is 1. The lowest BCUT2D eigenvalue weighted by molar-refractivity contribution is 0.102. The highest BCUT2D eigenvalue weighted by molar-refractivity contribution is 6.34. The summed E-state index contributed by atoms with van der Waals surface area (Å²) in [7, 11) is 0. The lowest BCUT2D eigenvalue weighted by Crippen LogP contribution is -2.13. The molecule has 19 heavy (non-hydrogen) atoms. The zero-order valence-electron chi connectivity index (χ0n) is 10.3. The first-order chi connectivity index (χ1) is 8.97. The van der Waals surface area contributed by atoms with Gasteiger partial charge in [-0.25, -0.2) is 0 Å². The van der Waals surface area contributed by atoms with Crippen molar-refractivity contribution in [3.63, 3.8) is 0 Å². The number of phenols is 1. The van der Waals surface area contributed by atoms with Gasteiger partial charge in [-0.05, 0) is 48.9 Å². The summed E-state index contributed by atoms with van der Waals surface area (Å²) in [6.45, 7) is 1.75. The van der Waals surface area contributed by atoms with Crippen LogP contribution in [0.1, 0.15) is 15.9 Å². The summed E-state index contributed by atoms with van der Waals surface area (Å²) in [4.78, 5) is 12.1. The molecule has 0 aromatic heterocycles. The van der Waals surface area contributed by atoms with Crippen LogP contribution in [0.25, 0.3) is 0 Å². The Balaban J connectivity index is 2.28. The van der Waals surface area contributed by atoms with Crippen LogP contribution in [0.4, 0.5) is 11.4 Å². The summed E-state index contributed by atoms with van der Waals surface area (Å²) in [5.41, 5.74) is 7.77. The van der Waals surface area contributed by atoms with Gasteiger partial charge in [0.2, 0.25) is 0 Å². The number of halogens is 1. The van der Waals surface area contributed by atoms with Gasteiger partial charge in [-0.2, -0.15) is 0 Å². The van der Waals surface area contributed by atoms with E-state index in [2.05, 4.69) is 5.32 Å². The maximum atomic E-state index is 12.1. The van der Waals surface area contributed by atoms with Crippen LogP contribution in [-0.4, -0.2) is 11.0 Å².